The molecule has 3 aromatic carbocycles. The van der Waals surface area contributed by atoms with Gasteiger partial charge in [-0.15, -0.1) is 23.2 Å². The van der Waals surface area contributed by atoms with Crippen molar-refractivity contribution < 1.29 is 40.5 Å². The predicted molar refractivity (Wildman–Crippen MR) is 164 cm³/mol. The summed E-state index contributed by atoms with van der Waals surface area (Å²) in [7, 11) is -3.62. The maximum absolute atomic E-state index is 15.0. The zero-order chi connectivity index (χ0) is 33.6. The quantitative estimate of drug-likeness (QED) is 0.121. The van der Waals surface area contributed by atoms with Crippen LogP contribution in [0, 0.1) is 17.6 Å². The number of rotatable bonds is 8. The van der Waals surface area contributed by atoms with E-state index in [1.54, 1.807) is 5.32 Å². The van der Waals surface area contributed by atoms with Crippen LogP contribution in [0.4, 0.5) is 39.0 Å². The topological polar surface area (TPSA) is 104 Å². The monoisotopic (exact) mass is 769 g/mol. The van der Waals surface area contributed by atoms with Crippen LogP contribution in [0.1, 0.15) is 21.8 Å². The number of halogens is 11. The lowest BCUT2D eigenvalue weighted by molar-refractivity contribution is -0.117. The highest BCUT2D eigenvalue weighted by atomic mass is 35.5. The first-order chi connectivity index (χ1) is 20.8. The third-order valence-corrected chi connectivity index (χ3v) is 9.81. The molecule has 1 aliphatic carbocycles. The summed E-state index contributed by atoms with van der Waals surface area (Å²) in [5.74, 6) is -9.60. The molecule has 1 unspecified atom stereocenters. The first kappa shape index (κ1) is 35.5. The minimum absolute atomic E-state index is 0.0432. The number of carbonyl (C=O) groups excluding carboxylic acids is 3. The number of hydrogen-bond acceptors (Lipinski definition) is 4. The van der Waals surface area contributed by atoms with Gasteiger partial charge in [-0.05, 0) is 48.0 Å². The molecule has 0 saturated heterocycles. The molecule has 3 aromatic rings. The van der Waals surface area contributed by atoms with E-state index in [2.05, 4.69) is 10.6 Å². The van der Waals surface area contributed by atoms with Gasteiger partial charge in [0.2, 0.25) is 11.8 Å². The molecule has 1 saturated carbocycles. The van der Waals surface area contributed by atoms with Crippen LogP contribution in [0.2, 0.25) is 20.1 Å². The first-order valence-corrected chi connectivity index (χ1v) is 15.6. The van der Waals surface area contributed by atoms with Gasteiger partial charge in [0.1, 0.15) is 32.4 Å². The van der Waals surface area contributed by atoms with Crippen molar-refractivity contribution in [3.8, 4) is 0 Å². The van der Waals surface area contributed by atoms with Crippen LogP contribution in [-0.4, -0.2) is 37.5 Å². The maximum Gasteiger partial charge on any atom is 0.471 e. The van der Waals surface area contributed by atoms with Crippen molar-refractivity contribution in [2.24, 2.45) is 5.92 Å². The highest BCUT2D eigenvalue weighted by Gasteiger charge is 2.67. The molecule has 3 amide bonds. The fourth-order valence-corrected chi connectivity index (χ4v) is 6.27. The van der Waals surface area contributed by atoms with Gasteiger partial charge in [-0.2, -0.15) is 13.2 Å². The third kappa shape index (κ3) is 7.78. The largest absolute Gasteiger partial charge is 0.471 e. The Labute approximate surface area is 283 Å². The molecule has 3 atom stereocenters. The van der Waals surface area contributed by atoms with Crippen molar-refractivity contribution in [1.29, 1.82) is 0 Å². The normalized spacial score (nSPS) is 17.8. The average Bonchev–Trinajstić information content (AvgIpc) is 3.53. The molecule has 45 heavy (non-hydrogen) atoms. The van der Waals surface area contributed by atoms with Crippen molar-refractivity contribution in [3.63, 3.8) is 0 Å². The smallest absolute Gasteiger partial charge is 0.326 e. The summed E-state index contributed by atoms with van der Waals surface area (Å²) in [5, 5.41) is 6.40. The Balaban J connectivity index is 1.50. The molecular weight excluding hydrogens is 758 g/mol. The van der Waals surface area contributed by atoms with Gasteiger partial charge >= 0.3 is 5.51 Å². The van der Waals surface area contributed by atoms with Gasteiger partial charge in [0.15, 0.2) is 5.82 Å². The number of anilines is 3. The second-order valence-corrected chi connectivity index (χ2v) is 13.8. The molecule has 0 spiro atoms. The SMILES string of the molecule is O=C(CS(=O)C(F)(F)F)Nc1c(F)ccc(NC(=O)c2cc(NC(=O)[C@H]3[C@H](c4cc(Cl)c(Cl)c(Cl)c4)C3(Cl)Cl)ccc2Cl)c1F. The molecule has 0 heterocycles. The van der Waals surface area contributed by atoms with E-state index in [-0.39, 0.29) is 31.3 Å². The minimum Gasteiger partial charge on any atom is -0.326 e. The van der Waals surface area contributed by atoms with E-state index in [1.807, 2.05) is 0 Å². The molecule has 1 aliphatic rings. The summed E-state index contributed by atoms with van der Waals surface area (Å²) < 4.78 is 76.2. The molecule has 4 rings (SSSR count). The summed E-state index contributed by atoms with van der Waals surface area (Å²) in [5.41, 5.74) is -6.93. The molecule has 0 aliphatic heterocycles. The van der Waals surface area contributed by atoms with Crippen molar-refractivity contribution in [3.05, 3.63) is 85.3 Å². The van der Waals surface area contributed by atoms with Crippen LogP contribution in [-0.2, 0) is 20.4 Å². The fraction of sp³-hybridized carbons (Fsp3) is 0.192. The number of carbonyl (C=O) groups is 3. The Morgan fingerprint density at radius 1 is 0.867 bits per heavy atom. The maximum atomic E-state index is 15.0. The minimum atomic E-state index is -5.23. The van der Waals surface area contributed by atoms with E-state index >= 15 is 4.39 Å². The van der Waals surface area contributed by atoms with Gasteiger partial charge < -0.3 is 16.0 Å². The van der Waals surface area contributed by atoms with Crippen LogP contribution in [0.25, 0.3) is 0 Å². The van der Waals surface area contributed by atoms with Gasteiger partial charge in [-0.3, -0.25) is 14.4 Å². The van der Waals surface area contributed by atoms with Gasteiger partial charge in [0.25, 0.3) is 5.91 Å². The van der Waals surface area contributed by atoms with Crippen molar-refractivity contribution in [2.75, 3.05) is 21.7 Å². The lowest BCUT2D eigenvalue weighted by atomic mass is 10.1. The summed E-state index contributed by atoms with van der Waals surface area (Å²) in [6.45, 7) is 0. The molecule has 1 fully saturated rings. The third-order valence-electron chi connectivity index (χ3n) is 6.30. The molecule has 19 heteroatoms. The lowest BCUT2D eigenvalue weighted by Gasteiger charge is -2.14. The van der Waals surface area contributed by atoms with E-state index in [1.165, 1.54) is 24.3 Å². The van der Waals surface area contributed by atoms with E-state index in [0.717, 1.165) is 12.1 Å². The Bertz CT molecular complexity index is 1740. The van der Waals surface area contributed by atoms with E-state index in [4.69, 9.17) is 69.6 Å². The van der Waals surface area contributed by atoms with Crippen LogP contribution in [0.3, 0.4) is 0 Å². The van der Waals surface area contributed by atoms with E-state index in [0.29, 0.717) is 11.6 Å². The molecule has 0 bridgehead atoms. The second kappa shape index (κ2) is 13.4. The molecule has 240 valence electrons. The van der Waals surface area contributed by atoms with Crippen molar-refractivity contribution in [1.82, 2.24) is 0 Å². The summed E-state index contributed by atoms with van der Waals surface area (Å²) in [6.07, 6.45) is 0. The Kier molecular flexibility index (Phi) is 10.5. The summed E-state index contributed by atoms with van der Waals surface area (Å²) in [6, 6.07) is 8.02. The van der Waals surface area contributed by atoms with E-state index < -0.39 is 79.0 Å². The van der Waals surface area contributed by atoms with Crippen LogP contribution in [0.5, 0.6) is 0 Å². The standard InChI is InChI=1S/C26H14Cl6F5N3O4S/c27-12-2-1-10(38-24(43)19-18(25(19,31)32)9-5-13(28)20(30)14(29)6-9)7-11(12)23(42)39-16-4-3-15(33)22(21(16)34)40-17(41)8-45(44)26(35,36)37/h1-7,18-19H,8H2,(H,38,43)(H,39,42)(H,40,41)/t18-,19+,45?/m0/s1. The number of amides is 3. The highest BCUT2D eigenvalue weighted by Crippen LogP contribution is 2.65. The van der Waals surface area contributed by atoms with Crippen LogP contribution in [0.15, 0.2) is 42.5 Å². The van der Waals surface area contributed by atoms with Crippen LogP contribution >= 0.6 is 69.6 Å². The Hall–Kier alpha value is -2.39. The molecule has 0 aromatic heterocycles. The zero-order valence-electron chi connectivity index (χ0n) is 21.6. The predicted octanol–water partition coefficient (Wildman–Crippen LogP) is 8.56. The van der Waals surface area contributed by atoms with Gasteiger partial charge in [0, 0.05) is 11.6 Å². The number of alkyl halides is 5. The molecular formula is C26H14Cl6F5N3O4S. The lowest BCUT2D eigenvalue weighted by Crippen LogP contribution is -2.28. The van der Waals surface area contributed by atoms with E-state index in [9.17, 15) is 36.2 Å². The summed E-state index contributed by atoms with van der Waals surface area (Å²) in [4.78, 5) is 37.9. The second-order valence-electron chi connectivity index (χ2n) is 9.33. The highest BCUT2D eigenvalue weighted by molar-refractivity contribution is 7.86. The first-order valence-electron chi connectivity index (χ1n) is 12.0. The van der Waals surface area contributed by atoms with Crippen molar-refractivity contribution >= 4 is 115 Å². The summed E-state index contributed by atoms with van der Waals surface area (Å²) >= 11 is 37.0. The van der Waals surface area contributed by atoms with Gasteiger partial charge in [-0.25, -0.2) is 13.0 Å². The number of nitrogens with one attached hydrogen (secondary N) is 3. The van der Waals surface area contributed by atoms with Crippen molar-refractivity contribution in [2.45, 2.75) is 15.8 Å². The van der Waals surface area contributed by atoms with Crippen LogP contribution < -0.4 is 16.0 Å². The van der Waals surface area contributed by atoms with Gasteiger partial charge in [0.05, 0.1) is 37.3 Å². The number of benzene rings is 3. The Morgan fingerprint density at radius 2 is 1.49 bits per heavy atom. The van der Waals surface area contributed by atoms with Gasteiger partial charge in [-0.1, -0.05) is 46.4 Å². The fourth-order valence-electron chi connectivity index (χ4n) is 4.15. The number of hydrogen-bond donors (Lipinski definition) is 3. The molecule has 7 nitrogen and oxygen atoms in total. The molecule has 0 radical (unpaired) electrons. The average molecular weight is 772 g/mol. The zero-order valence-corrected chi connectivity index (χ0v) is 27.0. The Morgan fingerprint density at radius 3 is 2.09 bits per heavy atom. The molecule has 3 N–H and O–H groups in total.